The van der Waals surface area contributed by atoms with Crippen molar-refractivity contribution in [1.29, 1.82) is 0 Å². The summed E-state index contributed by atoms with van der Waals surface area (Å²) in [5.74, 6) is 0.689. The molecule has 1 N–H and O–H groups in total. The molecule has 1 unspecified atom stereocenters. The second-order valence-corrected chi connectivity index (χ2v) is 7.98. The summed E-state index contributed by atoms with van der Waals surface area (Å²) in [4.78, 5) is 13.1. The van der Waals surface area contributed by atoms with Crippen LogP contribution < -0.4 is 10.3 Å². The van der Waals surface area contributed by atoms with Crippen LogP contribution >= 0.6 is 0 Å². The normalized spacial score (nSPS) is 12.1. The topological polar surface area (TPSA) is 64.3 Å². The number of aromatic nitrogens is 2. The maximum absolute atomic E-state index is 13.1. The minimum absolute atomic E-state index is 0.0490. The minimum Gasteiger partial charge on any atom is -0.491 e. The third kappa shape index (κ3) is 4.52. The molecule has 1 atom stereocenters. The van der Waals surface area contributed by atoms with E-state index in [1.54, 1.807) is 6.07 Å². The van der Waals surface area contributed by atoms with Gasteiger partial charge in [0, 0.05) is 10.9 Å². The van der Waals surface area contributed by atoms with Crippen LogP contribution in [0.2, 0.25) is 0 Å². The molecule has 0 spiro atoms. The van der Waals surface area contributed by atoms with E-state index in [4.69, 9.17) is 4.74 Å². The lowest BCUT2D eigenvalue weighted by molar-refractivity contribution is 0.0882. The van der Waals surface area contributed by atoms with Gasteiger partial charge in [-0.05, 0) is 56.2 Å². The van der Waals surface area contributed by atoms with Crippen LogP contribution in [0.5, 0.6) is 5.75 Å². The standard InChI is InChI=1S/C26H26N2O3/c1-17-7-6-8-21(13-17)31-16-20(29)15-28-26(30)23-10-5-4-9-22(23)25(27-28)24-14-18(2)11-12-19(24)3/h4-14,20,29H,15-16H2,1-3H3. The van der Waals surface area contributed by atoms with Crippen molar-refractivity contribution in [2.24, 2.45) is 0 Å². The van der Waals surface area contributed by atoms with Gasteiger partial charge in [0.15, 0.2) is 0 Å². The van der Waals surface area contributed by atoms with Gasteiger partial charge in [-0.2, -0.15) is 5.10 Å². The molecule has 0 aliphatic heterocycles. The van der Waals surface area contributed by atoms with Gasteiger partial charge < -0.3 is 9.84 Å². The fourth-order valence-corrected chi connectivity index (χ4v) is 3.70. The molecule has 5 nitrogen and oxygen atoms in total. The molecule has 5 heteroatoms. The van der Waals surface area contributed by atoms with Crippen LogP contribution in [0, 0.1) is 20.8 Å². The zero-order chi connectivity index (χ0) is 22.0. The molecule has 4 rings (SSSR count). The average molecular weight is 415 g/mol. The first-order chi connectivity index (χ1) is 14.9. The highest BCUT2D eigenvalue weighted by molar-refractivity contribution is 5.94. The largest absolute Gasteiger partial charge is 0.491 e. The Labute approximate surface area is 181 Å². The third-order valence-electron chi connectivity index (χ3n) is 5.33. The van der Waals surface area contributed by atoms with Crippen molar-refractivity contribution in [2.45, 2.75) is 33.4 Å². The Morgan fingerprint density at radius 1 is 0.935 bits per heavy atom. The maximum atomic E-state index is 13.1. The Morgan fingerprint density at radius 3 is 2.45 bits per heavy atom. The fraction of sp³-hybridized carbons (Fsp3) is 0.231. The lowest BCUT2D eigenvalue weighted by Crippen LogP contribution is -2.32. The van der Waals surface area contributed by atoms with Gasteiger partial charge in [0.1, 0.15) is 18.5 Å². The summed E-state index contributed by atoms with van der Waals surface area (Å²) in [6.45, 7) is 6.17. The molecule has 0 fully saturated rings. The maximum Gasteiger partial charge on any atom is 0.274 e. The van der Waals surface area contributed by atoms with Crippen molar-refractivity contribution < 1.29 is 9.84 Å². The molecule has 0 amide bonds. The Bertz CT molecular complexity index is 1290. The van der Waals surface area contributed by atoms with Crippen molar-refractivity contribution in [3.05, 3.63) is 93.8 Å². The molecular weight excluding hydrogens is 388 g/mol. The molecule has 0 saturated carbocycles. The van der Waals surface area contributed by atoms with E-state index in [2.05, 4.69) is 23.3 Å². The number of fused-ring (bicyclic) bond motifs is 1. The average Bonchev–Trinajstić information content (AvgIpc) is 2.76. The van der Waals surface area contributed by atoms with Gasteiger partial charge in [-0.15, -0.1) is 0 Å². The van der Waals surface area contributed by atoms with Gasteiger partial charge in [-0.3, -0.25) is 4.79 Å². The highest BCUT2D eigenvalue weighted by atomic mass is 16.5. The zero-order valence-electron chi connectivity index (χ0n) is 18.0. The first-order valence-electron chi connectivity index (χ1n) is 10.4. The molecule has 0 aliphatic carbocycles. The van der Waals surface area contributed by atoms with Crippen LogP contribution in [0.25, 0.3) is 22.0 Å². The summed E-state index contributed by atoms with van der Waals surface area (Å²) in [7, 11) is 0. The van der Waals surface area contributed by atoms with E-state index in [0.717, 1.165) is 33.3 Å². The van der Waals surface area contributed by atoms with Crippen molar-refractivity contribution in [2.75, 3.05) is 6.61 Å². The predicted octanol–water partition coefficient (Wildman–Crippen LogP) is 4.43. The van der Waals surface area contributed by atoms with E-state index in [9.17, 15) is 9.90 Å². The van der Waals surface area contributed by atoms with Crippen molar-refractivity contribution in [3.63, 3.8) is 0 Å². The number of hydrogen-bond acceptors (Lipinski definition) is 4. The van der Waals surface area contributed by atoms with E-state index < -0.39 is 6.10 Å². The molecule has 31 heavy (non-hydrogen) atoms. The van der Waals surface area contributed by atoms with Gasteiger partial charge in [0.05, 0.1) is 17.6 Å². The molecule has 3 aromatic carbocycles. The minimum atomic E-state index is -0.877. The van der Waals surface area contributed by atoms with Crippen LogP contribution in [0.4, 0.5) is 0 Å². The molecule has 4 aromatic rings. The molecule has 0 aliphatic rings. The van der Waals surface area contributed by atoms with Crippen molar-refractivity contribution in [1.82, 2.24) is 9.78 Å². The summed E-state index contributed by atoms with van der Waals surface area (Å²) in [5.41, 5.74) is 4.78. The van der Waals surface area contributed by atoms with E-state index in [1.165, 1.54) is 4.68 Å². The Kier molecular flexibility index (Phi) is 5.87. The number of benzene rings is 3. The van der Waals surface area contributed by atoms with E-state index >= 15 is 0 Å². The van der Waals surface area contributed by atoms with Gasteiger partial charge >= 0.3 is 0 Å². The van der Waals surface area contributed by atoms with Crippen LogP contribution in [-0.4, -0.2) is 27.6 Å². The molecular formula is C26H26N2O3. The lowest BCUT2D eigenvalue weighted by atomic mass is 9.99. The smallest absolute Gasteiger partial charge is 0.274 e. The molecule has 0 saturated heterocycles. The summed E-state index contributed by atoms with van der Waals surface area (Å²) in [6.07, 6.45) is -0.877. The van der Waals surface area contributed by atoms with Crippen LogP contribution in [0.15, 0.2) is 71.5 Å². The zero-order valence-corrected chi connectivity index (χ0v) is 18.0. The Balaban J connectivity index is 1.69. The second kappa shape index (κ2) is 8.74. The summed E-state index contributed by atoms with van der Waals surface area (Å²) >= 11 is 0. The molecule has 158 valence electrons. The van der Waals surface area contributed by atoms with Crippen molar-refractivity contribution in [3.8, 4) is 17.0 Å². The predicted molar refractivity (Wildman–Crippen MR) is 124 cm³/mol. The number of aliphatic hydroxyl groups is 1. The lowest BCUT2D eigenvalue weighted by Gasteiger charge is -2.16. The highest BCUT2D eigenvalue weighted by Crippen LogP contribution is 2.28. The van der Waals surface area contributed by atoms with Crippen LogP contribution in [-0.2, 0) is 6.54 Å². The van der Waals surface area contributed by atoms with Crippen LogP contribution in [0.1, 0.15) is 16.7 Å². The number of rotatable bonds is 6. The van der Waals surface area contributed by atoms with Crippen molar-refractivity contribution >= 4 is 10.8 Å². The monoisotopic (exact) mass is 414 g/mol. The van der Waals surface area contributed by atoms with Crippen LogP contribution in [0.3, 0.4) is 0 Å². The number of hydrogen-bond donors (Lipinski definition) is 1. The van der Waals surface area contributed by atoms with E-state index in [0.29, 0.717) is 11.1 Å². The van der Waals surface area contributed by atoms with Gasteiger partial charge in [0.25, 0.3) is 5.56 Å². The molecule has 1 heterocycles. The number of ether oxygens (including phenoxy) is 1. The summed E-state index contributed by atoms with van der Waals surface area (Å²) in [5, 5.41) is 16.6. The summed E-state index contributed by atoms with van der Waals surface area (Å²) in [6, 6.07) is 21.3. The van der Waals surface area contributed by atoms with E-state index in [1.807, 2.05) is 63.2 Å². The Hall–Kier alpha value is -3.44. The third-order valence-corrected chi connectivity index (χ3v) is 5.33. The first kappa shape index (κ1) is 20.8. The highest BCUT2D eigenvalue weighted by Gasteiger charge is 2.16. The van der Waals surface area contributed by atoms with Gasteiger partial charge in [-0.1, -0.05) is 48.0 Å². The number of aryl methyl sites for hydroxylation is 3. The van der Waals surface area contributed by atoms with Gasteiger partial charge in [0.2, 0.25) is 0 Å². The SMILES string of the molecule is Cc1cccc(OCC(O)Cn2nc(-c3cc(C)ccc3C)c3ccccc3c2=O)c1. The van der Waals surface area contributed by atoms with Gasteiger partial charge in [-0.25, -0.2) is 4.68 Å². The van der Waals surface area contributed by atoms with E-state index in [-0.39, 0.29) is 18.7 Å². The quantitative estimate of drug-likeness (QED) is 0.507. The molecule has 0 bridgehead atoms. The number of nitrogens with zero attached hydrogens (tertiary/aromatic N) is 2. The Morgan fingerprint density at radius 2 is 1.68 bits per heavy atom. The number of aliphatic hydroxyl groups excluding tert-OH is 1. The molecule has 0 radical (unpaired) electrons. The summed E-state index contributed by atoms with van der Waals surface area (Å²) < 4.78 is 7.06. The second-order valence-electron chi connectivity index (χ2n) is 7.98. The fourth-order valence-electron chi connectivity index (χ4n) is 3.70. The first-order valence-corrected chi connectivity index (χ1v) is 10.4. The molecule has 1 aromatic heterocycles.